The monoisotopic (exact) mass is 435 g/mol. The Morgan fingerprint density at radius 1 is 1.06 bits per heavy atom. The molecule has 0 aliphatic carbocycles. The molecule has 0 bridgehead atoms. The molecule has 2 aliphatic heterocycles. The number of para-hydroxylation sites is 1. The highest BCUT2D eigenvalue weighted by Crippen LogP contribution is 2.42. The molecule has 0 radical (unpaired) electrons. The van der Waals surface area contributed by atoms with E-state index in [1.807, 2.05) is 51.1 Å². The number of piperidine rings is 1. The van der Waals surface area contributed by atoms with Crippen molar-refractivity contribution < 1.29 is 24.2 Å². The minimum Gasteiger partial charge on any atom is -0.482 e. The van der Waals surface area contributed by atoms with Crippen LogP contribution >= 0.6 is 0 Å². The molecule has 2 aliphatic rings. The first-order valence-corrected chi connectivity index (χ1v) is 10.9. The Morgan fingerprint density at radius 3 is 2.34 bits per heavy atom. The minimum absolute atomic E-state index is 0.279. The molecule has 6 nitrogen and oxygen atoms in total. The summed E-state index contributed by atoms with van der Waals surface area (Å²) in [4.78, 5) is 25.4. The van der Waals surface area contributed by atoms with Gasteiger partial charge >= 0.3 is 12.1 Å². The lowest BCUT2D eigenvalue weighted by Gasteiger charge is -2.43. The van der Waals surface area contributed by atoms with Crippen LogP contribution in [0.5, 0.6) is 5.75 Å². The zero-order chi connectivity index (χ0) is 22.9. The Bertz CT molecular complexity index is 1040. The number of carboxylic acids is 1. The van der Waals surface area contributed by atoms with Gasteiger partial charge in [-0.25, -0.2) is 9.59 Å². The molecule has 2 aromatic carbocycles. The smallest absolute Gasteiger partial charge is 0.410 e. The summed E-state index contributed by atoms with van der Waals surface area (Å²) in [7, 11) is 0. The van der Waals surface area contributed by atoms with Crippen molar-refractivity contribution in [3.8, 4) is 5.75 Å². The molecule has 1 N–H and O–H groups in total. The number of hydrogen-bond acceptors (Lipinski definition) is 4. The van der Waals surface area contributed by atoms with Gasteiger partial charge in [0.05, 0.1) is 5.56 Å². The zero-order valence-corrected chi connectivity index (χ0v) is 18.8. The third-order valence-electron chi connectivity index (χ3n) is 5.84. The second-order valence-corrected chi connectivity index (χ2v) is 9.48. The fourth-order valence-electron chi connectivity index (χ4n) is 4.24. The number of carboxylic acid groups (broad SMARTS) is 1. The molecule has 1 amide bonds. The van der Waals surface area contributed by atoms with Gasteiger partial charge in [0.1, 0.15) is 17.0 Å². The largest absolute Gasteiger partial charge is 0.482 e. The maximum absolute atomic E-state index is 12.5. The van der Waals surface area contributed by atoms with E-state index in [1.165, 1.54) is 0 Å². The van der Waals surface area contributed by atoms with E-state index < -0.39 is 17.2 Å². The first-order valence-electron chi connectivity index (χ1n) is 10.9. The average molecular weight is 436 g/mol. The van der Waals surface area contributed by atoms with E-state index in [0.717, 1.165) is 22.4 Å². The number of likely N-dealkylation sites (tertiary alicyclic amines) is 1. The normalized spacial score (nSPS) is 17.2. The van der Waals surface area contributed by atoms with E-state index in [0.29, 0.717) is 32.4 Å². The molecule has 2 heterocycles. The molecule has 1 spiro atoms. The SMILES string of the molecule is CC(C)(C)OC(=O)N1CCC2(C=C(Cc3ccc(C(=O)O)cc3)c3ccccc3O2)CC1. The third-order valence-corrected chi connectivity index (χ3v) is 5.84. The van der Waals surface area contributed by atoms with E-state index in [9.17, 15) is 9.59 Å². The van der Waals surface area contributed by atoms with Gasteiger partial charge in [0.25, 0.3) is 0 Å². The number of allylic oxidation sites excluding steroid dienone is 1. The van der Waals surface area contributed by atoms with Gasteiger partial charge in [-0.2, -0.15) is 0 Å². The van der Waals surface area contributed by atoms with E-state index in [4.69, 9.17) is 14.6 Å². The molecule has 0 atom stereocenters. The first-order chi connectivity index (χ1) is 15.1. The van der Waals surface area contributed by atoms with Crippen molar-refractivity contribution in [1.82, 2.24) is 4.90 Å². The van der Waals surface area contributed by atoms with Crippen LogP contribution in [0.1, 0.15) is 55.1 Å². The molecule has 1 fully saturated rings. The van der Waals surface area contributed by atoms with Gasteiger partial charge in [0, 0.05) is 31.5 Å². The topological polar surface area (TPSA) is 76.1 Å². The highest BCUT2D eigenvalue weighted by molar-refractivity contribution is 5.87. The van der Waals surface area contributed by atoms with Gasteiger partial charge in [-0.3, -0.25) is 0 Å². The van der Waals surface area contributed by atoms with Crippen molar-refractivity contribution in [2.24, 2.45) is 0 Å². The Morgan fingerprint density at radius 2 is 1.72 bits per heavy atom. The number of fused-ring (bicyclic) bond motifs is 1. The third kappa shape index (κ3) is 4.79. The molecule has 168 valence electrons. The fraction of sp³-hybridized carbons (Fsp3) is 0.385. The van der Waals surface area contributed by atoms with Gasteiger partial charge < -0.3 is 19.5 Å². The maximum atomic E-state index is 12.5. The van der Waals surface area contributed by atoms with Crippen molar-refractivity contribution in [3.63, 3.8) is 0 Å². The number of hydrogen-bond donors (Lipinski definition) is 1. The number of amides is 1. The molecule has 0 unspecified atom stereocenters. The van der Waals surface area contributed by atoms with Gasteiger partial charge in [-0.1, -0.05) is 30.3 Å². The second-order valence-electron chi connectivity index (χ2n) is 9.48. The van der Waals surface area contributed by atoms with Crippen molar-refractivity contribution in [2.75, 3.05) is 13.1 Å². The Labute approximate surface area is 188 Å². The van der Waals surface area contributed by atoms with Gasteiger partial charge in [0.2, 0.25) is 0 Å². The average Bonchev–Trinajstić information content (AvgIpc) is 2.73. The standard InChI is InChI=1S/C26H29NO5/c1-25(2,3)32-24(30)27-14-12-26(13-15-27)17-20(21-6-4-5-7-22(21)31-26)16-18-8-10-19(11-9-18)23(28)29/h4-11,17H,12-16H2,1-3H3,(H,28,29). The number of ether oxygens (including phenoxy) is 2. The van der Waals surface area contributed by atoms with Crippen molar-refractivity contribution in [1.29, 1.82) is 0 Å². The van der Waals surface area contributed by atoms with Gasteiger partial charge in [-0.05, 0) is 62.6 Å². The number of rotatable bonds is 3. The van der Waals surface area contributed by atoms with Gasteiger partial charge in [0.15, 0.2) is 0 Å². The number of carbonyl (C=O) groups excluding carboxylic acids is 1. The Balaban J connectivity index is 1.55. The quantitative estimate of drug-likeness (QED) is 0.720. The van der Waals surface area contributed by atoms with E-state index in [-0.39, 0.29) is 11.7 Å². The van der Waals surface area contributed by atoms with Crippen LogP contribution in [0.4, 0.5) is 4.79 Å². The van der Waals surface area contributed by atoms with Crippen molar-refractivity contribution in [2.45, 2.75) is 51.2 Å². The summed E-state index contributed by atoms with van der Waals surface area (Å²) in [6.45, 7) is 6.74. The van der Waals surface area contributed by atoms with E-state index >= 15 is 0 Å². The van der Waals surface area contributed by atoms with Crippen LogP contribution < -0.4 is 4.74 Å². The summed E-state index contributed by atoms with van der Waals surface area (Å²) in [5.74, 6) is -0.0826. The highest BCUT2D eigenvalue weighted by Gasteiger charge is 2.40. The zero-order valence-electron chi connectivity index (χ0n) is 18.8. The van der Waals surface area contributed by atoms with Crippen LogP contribution in [0.15, 0.2) is 54.6 Å². The van der Waals surface area contributed by atoms with Crippen LogP contribution in [0.25, 0.3) is 5.57 Å². The molecular formula is C26H29NO5. The summed E-state index contributed by atoms with van der Waals surface area (Å²) in [6, 6.07) is 15.0. The highest BCUT2D eigenvalue weighted by atomic mass is 16.6. The summed E-state index contributed by atoms with van der Waals surface area (Å²) < 4.78 is 12.0. The number of nitrogens with zero attached hydrogens (tertiary/aromatic N) is 1. The first kappa shape index (κ1) is 21.9. The molecule has 0 aromatic heterocycles. The number of benzene rings is 2. The lowest BCUT2D eigenvalue weighted by atomic mass is 9.83. The van der Waals surface area contributed by atoms with Crippen molar-refractivity contribution in [3.05, 3.63) is 71.3 Å². The summed E-state index contributed by atoms with van der Waals surface area (Å²) in [5, 5.41) is 9.15. The summed E-state index contributed by atoms with van der Waals surface area (Å²) in [6.07, 6.45) is 3.96. The van der Waals surface area contributed by atoms with Crippen LogP contribution in [0.2, 0.25) is 0 Å². The van der Waals surface area contributed by atoms with E-state index in [2.05, 4.69) is 12.1 Å². The molecule has 4 rings (SSSR count). The number of aromatic carboxylic acids is 1. The van der Waals surface area contributed by atoms with Gasteiger partial charge in [-0.15, -0.1) is 0 Å². The second kappa shape index (κ2) is 8.34. The fourth-order valence-corrected chi connectivity index (χ4v) is 4.24. The Hall–Kier alpha value is -3.28. The maximum Gasteiger partial charge on any atom is 0.410 e. The predicted molar refractivity (Wildman–Crippen MR) is 122 cm³/mol. The molecule has 32 heavy (non-hydrogen) atoms. The summed E-state index contributed by atoms with van der Waals surface area (Å²) in [5.41, 5.74) is 2.54. The minimum atomic E-state index is -0.928. The van der Waals surface area contributed by atoms with Crippen LogP contribution in [0, 0.1) is 0 Å². The van der Waals surface area contributed by atoms with Crippen LogP contribution in [-0.4, -0.2) is 46.4 Å². The molecular weight excluding hydrogens is 406 g/mol. The van der Waals surface area contributed by atoms with Crippen molar-refractivity contribution >= 4 is 17.6 Å². The van der Waals surface area contributed by atoms with Crippen LogP contribution in [0.3, 0.4) is 0 Å². The number of carbonyl (C=O) groups is 2. The molecule has 2 aromatic rings. The molecule has 1 saturated heterocycles. The van der Waals surface area contributed by atoms with Crippen LogP contribution in [-0.2, 0) is 11.2 Å². The summed E-state index contributed by atoms with van der Waals surface area (Å²) >= 11 is 0. The molecule has 6 heteroatoms. The van der Waals surface area contributed by atoms with E-state index in [1.54, 1.807) is 17.0 Å². The molecule has 0 saturated carbocycles. The lowest BCUT2D eigenvalue weighted by Crippen LogP contribution is -2.50. The predicted octanol–water partition coefficient (Wildman–Crippen LogP) is 5.17. The lowest BCUT2D eigenvalue weighted by molar-refractivity contribution is -0.00123. The Kier molecular flexibility index (Phi) is 5.71.